The van der Waals surface area contributed by atoms with Crippen molar-refractivity contribution in [1.82, 2.24) is 9.62 Å². The second kappa shape index (κ2) is 10.6. The molecule has 2 N–H and O–H groups in total. The molecule has 2 amide bonds. The number of nitrogens with one attached hydrogen (secondary N) is 2. The van der Waals surface area contributed by atoms with Gasteiger partial charge >= 0.3 is 0 Å². The van der Waals surface area contributed by atoms with Crippen LogP contribution in [0, 0.1) is 0 Å². The van der Waals surface area contributed by atoms with Crippen LogP contribution in [-0.2, 0) is 21.4 Å². The van der Waals surface area contributed by atoms with Crippen LogP contribution in [0.2, 0.25) is 5.02 Å². The molecule has 1 atom stereocenters. The largest absolute Gasteiger partial charge is 0.350 e. The molecule has 2 aromatic rings. The molecule has 2 aromatic carbocycles. The van der Waals surface area contributed by atoms with E-state index in [0.717, 1.165) is 17.0 Å². The van der Waals surface area contributed by atoms with Crippen LogP contribution in [0.25, 0.3) is 0 Å². The Bertz CT molecular complexity index is 1010. The smallest absolute Gasteiger partial charge is 0.253 e. The maximum absolute atomic E-state index is 12.6. The maximum atomic E-state index is 12.6. The molecule has 2 rings (SSSR count). The lowest BCUT2D eigenvalue weighted by Gasteiger charge is -2.21. The Labute approximate surface area is 182 Å². The molecule has 0 fully saturated rings. The topological polar surface area (TPSA) is 95.6 Å². The van der Waals surface area contributed by atoms with Crippen LogP contribution in [0.5, 0.6) is 0 Å². The van der Waals surface area contributed by atoms with E-state index in [1.807, 2.05) is 13.8 Å². The summed E-state index contributed by atoms with van der Waals surface area (Å²) in [7, 11) is -3.68. The minimum atomic E-state index is -3.68. The first-order valence-electron chi connectivity index (χ1n) is 9.50. The minimum Gasteiger partial charge on any atom is -0.350 e. The van der Waals surface area contributed by atoms with Crippen molar-refractivity contribution in [3.8, 4) is 0 Å². The Hall–Kier alpha value is -2.42. The number of carbonyl (C=O) groups excluding carboxylic acids is 2. The van der Waals surface area contributed by atoms with Crippen LogP contribution < -0.4 is 10.6 Å². The first-order chi connectivity index (χ1) is 14.1. The van der Waals surface area contributed by atoms with Crippen LogP contribution in [-0.4, -0.2) is 43.4 Å². The molecular formula is C21H26ClN3O4S. The van der Waals surface area contributed by atoms with Crippen molar-refractivity contribution in [2.75, 3.05) is 18.1 Å². The van der Waals surface area contributed by atoms with E-state index < -0.39 is 22.5 Å². The molecule has 7 nitrogen and oxygen atoms in total. The van der Waals surface area contributed by atoms with Gasteiger partial charge in [-0.3, -0.25) is 9.59 Å². The predicted octanol–water partition coefficient (Wildman–Crippen LogP) is 3.27. The minimum absolute atomic E-state index is 0.0161. The van der Waals surface area contributed by atoms with Gasteiger partial charge in [-0.1, -0.05) is 48.9 Å². The van der Waals surface area contributed by atoms with Crippen LogP contribution in [0.3, 0.4) is 0 Å². The molecule has 30 heavy (non-hydrogen) atoms. The Kier molecular flexibility index (Phi) is 8.40. The van der Waals surface area contributed by atoms with Crippen molar-refractivity contribution in [2.24, 2.45) is 0 Å². The Balaban J connectivity index is 2.17. The summed E-state index contributed by atoms with van der Waals surface area (Å²) in [5.74, 6) is -0.868. The van der Waals surface area contributed by atoms with Gasteiger partial charge in [-0.05, 0) is 37.1 Å². The van der Waals surface area contributed by atoms with E-state index in [-0.39, 0.29) is 18.5 Å². The molecule has 0 unspecified atom stereocenters. The van der Waals surface area contributed by atoms with Gasteiger partial charge in [0.15, 0.2) is 0 Å². The molecule has 0 aromatic heterocycles. The highest BCUT2D eigenvalue weighted by Crippen LogP contribution is 2.19. The number of carbonyl (C=O) groups is 2. The van der Waals surface area contributed by atoms with E-state index in [4.69, 9.17) is 11.6 Å². The lowest BCUT2D eigenvalue weighted by atomic mass is 10.1. The van der Waals surface area contributed by atoms with Gasteiger partial charge in [0, 0.05) is 17.6 Å². The number of hydrogen-bond acceptors (Lipinski definition) is 4. The molecule has 0 heterocycles. The van der Waals surface area contributed by atoms with Gasteiger partial charge in [-0.15, -0.1) is 0 Å². The van der Waals surface area contributed by atoms with Crippen molar-refractivity contribution in [3.05, 3.63) is 64.7 Å². The fourth-order valence-corrected chi connectivity index (χ4v) is 3.57. The molecule has 0 radical (unpaired) electrons. The summed E-state index contributed by atoms with van der Waals surface area (Å²) >= 11 is 6.13. The zero-order valence-electron chi connectivity index (χ0n) is 17.2. The first kappa shape index (κ1) is 23.9. The van der Waals surface area contributed by atoms with E-state index >= 15 is 0 Å². The number of benzene rings is 2. The summed E-state index contributed by atoms with van der Waals surface area (Å²) in [6, 6.07) is 13.4. The fourth-order valence-electron chi connectivity index (χ4n) is 2.65. The third-order valence-corrected chi connectivity index (χ3v) is 6.09. The van der Waals surface area contributed by atoms with Gasteiger partial charge < -0.3 is 10.6 Å². The van der Waals surface area contributed by atoms with Gasteiger partial charge in [-0.2, -0.15) is 4.31 Å². The zero-order chi connectivity index (χ0) is 22.3. The summed E-state index contributed by atoms with van der Waals surface area (Å²) in [4.78, 5) is 25.1. The molecule has 0 saturated heterocycles. The number of hydrogen-bond donors (Lipinski definition) is 2. The van der Waals surface area contributed by atoms with Gasteiger partial charge in [0.25, 0.3) is 5.91 Å². The monoisotopic (exact) mass is 451 g/mol. The van der Waals surface area contributed by atoms with Crippen molar-refractivity contribution < 1.29 is 18.0 Å². The summed E-state index contributed by atoms with van der Waals surface area (Å²) in [5, 5.41) is 5.91. The average Bonchev–Trinajstić information content (AvgIpc) is 2.68. The lowest BCUT2D eigenvalue weighted by Crippen LogP contribution is -2.37. The van der Waals surface area contributed by atoms with E-state index in [1.165, 1.54) is 0 Å². The second-order valence-corrected chi connectivity index (χ2v) is 9.39. The maximum Gasteiger partial charge on any atom is 0.253 e. The molecule has 162 valence electrons. The zero-order valence-corrected chi connectivity index (χ0v) is 18.8. The molecule has 0 saturated carbocycles. The third-order valence-electron chi connectivity index (χ3n) is 4.53. The van der Waals surface area contributed by atoms with E-state index in [2.05, 4.69) is 10.6 Å². The number of halogens is 1. The SMILES string of the molecule is CC[C@@H](C)NC(=O)c1ccccc1NC(=O)CN(Cc1ccccc1Cl)S(C)(=O)=O. The Morgan fingerprint density at radius 3 is 2.37 bits per heavy atom. The highest BCUT2D eigenvalue weighted by atomic mass is 35.5. The number of rotatable bonds is 9. The molecule has 9 heteroatoms. The van der Waals surface area contributed by atoms with Gasteiger partial charge in [0.1, 0.15) is 0 Å². The van der Waals surface area contributed by atoms with Crippen molar-refractivity contribution in [2.45, 2.75) is 32.9 Å². The van der Waals surface area contributed by atoms with Crippen molar-refractivity contribution in [1.29, 1.82) is 0 Å². The quantitative estimate of drug-likeness (QED) is 0.611. The molecule has 0 aliphatic carbocycles. The summed E-state index contributed by atoms with van der Waals surface area (Å²) in [6.45, 7) is 3.39. The normalized spacial score (nSPS) is 12.4. The van der Waals surface area contributed by atoms with Crippen LogP contribution in [0.4, 0.5) is 5.69 Å². The lowest BCUT2D eigenvalue weighted by molar-refractivity contribution is -0.116. The molecule has 0 aliphatic rings. The van der Waals surface area contributed by atoms with E-state index in [0.29, 0.717) is 21.8 Å². The average molecular weight is 452 g/mol. The van der Waals surface area contributed by atoms with Gasteiger partial charge in [0.05, 0.1) is 24.1 Å². The Morgan fingerprint density at radius 1 is 1.10 bits per heavy atom. The standard InChI is InChI=1S/C21H26ClN3O4S/c1-4-15(2)23-21(27)17-10-6-8-12-19(17)24-20(26)14-25(30(3,28)29)13-16-9-5-7-11-18(16)22/h5-12,15H,4,13-14H2,1-3H3,(H,23,27)(H,24,26)/t15-/m1/s1. The summed E-state index contributed by atoms with van der Waals surface area (Å²) in [5.41, 5.74) is 1.21. The highest BCUT2D eigenvalue weighted by molar-refractivity contribution is 7.88. The predicted molar refractivity (Wildman–Crippen MR) is 119 cm³/mol. The summed E-state index contributed by atoms with van der Waals surface area (Å²) < 4.78 is 25.4. The molecule has 0 aliphatic heterocycles. The highest BCUT2D eigenvalue weighted by Gasteiger charge is 2.22. The number of sulfonamides is 1. The number of amides is 2. The number of nitrogens with zero attached hydrogens (tertiary/aromatic N) is 1. The van der Waals surface area contributed by atoms with Crippen LogP contribution in [0.15, 0.2) is 48.5 Å². The van der Waals surface area contributed by atoms with E-state index in [1.54, 1.807) is 48.5 Å². The van der Waals surface area contributed by atoms with Crippen LogP contribution in [0.1, 0.15) is 36.2 Å². The number of para-hydroxylation sites is 1. The molecule has 0 bridgehead atoms. The number of anilines is 1. The van der Waals surface area contributed by atoms with E-state index in [9.17, 15) is 18.0 Å². The Morgan fingerprint density at radius 2 is 1.73 bits per heavy atom. The fraction of sp³-hybridized carbons (Fsp3) is 0.333. The first-order valence-corrected chi connectivity index (χ1v) is 11.7. The van der Waals surface area contributed by atoms with Gasteiger partial charge in [0.2, 0.25) is 15.9 Å². The van der Waals surface area contributed by atoms with Gasteiger partial charge in [-0.25, -0.2) is 8.42 Å². The molecule has 0 spiro atoms. The van der Waals surface area contributed by atoms with Crippen molar-refractivity contribution >= 4 is 39.1 Å². The third kappa shape index (κ3) is 6.83. The van der Waals surface area contributed by atoms with Crippen molar-refractivity contribution in [3.63, 3.8) is 0 Å². The summed E-state index contributed by atoms with van der Waals surface area (Å²) in [6.07, 6.45) is 1.80. The molecular weight excluding hydrogens is 426 g/mol. The second-order valence-electron chi connectivity index (χ2n) is 7.00. The van der Waals surface area contributed by atoms with Crippen LogP contribution >= 0.6 is 11.6 Å².